The van der Waals surface area contributed by atoms with Crippen molar-refractivity contribution in [2.45, 2.75) is 39.8 Å². The van der Waals surface area contributed by atoms with Gasteiger partial charge in [-0.2, -0.15) is 0 Å². The summed E-state index contributed by atoms with van der Waals surface area (Å²) in [4.78, 5) is 0. The maximum Gasteiger partial charge on any atom is 0.101 e. The molecule has 0 aromatic carbocycles. The van der Waals surface area contributed by atoms with Crippen LogP contribution in [0.2, 0.25) is 0 Å². The molecule has 0 rings (SSSR count). The molecule has 0 aromatic rings. The summed E-state index contributed by atoms with van der Waals surface area (Å²) in [6.45, 7) is 5.69. The summed E-state index contributed by atoms with van der Waals surface area (Å²) < 4.78 is 12.2. The second-order valence-electron chi connectivity index (χ2n) is 2.42. The van der Waals surface area contributed by atoms with Crippen molar-refractivity contribution >= 4 is 0 Å². The molecule has 0 radical (unpaired) electrons. The van der Waals surface area contributed by atoms with Crippen LogP contribution in [0.1, 0.15) is 33.6 Å². The maximum atomic E-state index is 12.2. The van der Waals surface area contributed by atoms with Crippen molar-refractivity contribution in [1.29, 1.82) is 0 Å². The standard InChI is InChI=1S/C8H15F/c1-4-7(2)5-6-8(3)9/h5,8H,4,6H2,1-3H3/b7-5-. The highest BCUT2D eigenvalue weighted by molar-refractivity contribution is 4.97. The van der Waals surface area contributed by atoms with Crippen molar-refractivity contribution in [3.63, 3.8) is 0 Å². The van der Waals surface area contributed by atoms with E-state index in [1.165, 1.54) is 5.57 Å². The van der Waals surface area contributed by atoms with Crippen molar-refractivity contribution in [3.05, 3.63) is 11.6 Å². The number of allylic oxidation sites excluding steroid dienone is 2. The average Bonchev–Trinajstić information content (AvgIpc) is 1.83. The molecule has 0 aromatic heterocycles. The molecule has 9 heavy (non-hydrogen) atoms. The van der Waals surface area contributed by atoms with Gasteiger partial charge in [-0.1, -0.05) is 18.6 Å². The third-order valence-electron chi connectivity index (χ3n) is 1.35. The fourth-order valence-electron chi connectivity index (χ4n) is 0.508. The molecule has 0 amide bonds. The summed E-state index contributed by atoms with van der Waals surface area (Å²) >= 11 is 0. The number of hydrogen-bond donors (Lipinski definition) is 0. The zero-order valence-corrected chi connectivity index (χ0v) is 6.45. The van der Waals surface area contributed by atoms with Crippen LogP contribution in [0.15, 0.2) is 11.6 Å². The van der Waals surface area contributed by atoms with Crippen LogP contribution in [-0.4, -0.2) is 6.17 Å². The van der Waals surface area contributed by atoms with Crippen LogP contribution in [0.3, 0.4) is 0 Å². The average molecular weight is 130 g/mol. The zero-order valence-electron chi connectivity index (χ0n) is 6.45. The van der Waals surface area contributed by atoms with Crippen LogP contribution < -0.4 is 0 Å². The molecule has 0 N–H and O–H groups in total. The first-order valence-corrected chi connectivity index (χ1v) is 3.46. The van der Waals surface area contributed by atoms with Gasteiger partial charge < -0.3 is 0 Å². The van der Waals surface area contributed by atoms with Crippen LogP contribution >= 0.6 is 0 Å². The van der Waals surface area contributed by atoms with E-state index < -0.39 is 6.17 Å². The van der Waals surface area contributed by atoms with E-state index in [9.17, 15) is 4.39 Å². The van der Waals surface area contributed by atoms with E-state index in [1.807, 2.05) is 13.0 Å². The Balaban J connectivity index is 3.43. The molecule has 0 aliphatic heterocycles. The van der Waals surface area contributed by atoms with Gasteiger partial charge in [0.1, 0.15) is 6.17 Å². The van der Waals surface area contributed by atoms with Crippen molar-refractivity contribution in [2.75, 3.05) is 0 Å². The SMILES string of the molecule is CC/C(C)=C\CC(C)F. The van der Waals surface area contributed by atoms with Gasteiger partial charge in [-0.15, -0.1) is 0 Å². The van der Waals surface area contributed by atoms with E-state index in [0.29, 0.717) is 6.42 Å². The van der Waals surface area contributed by atoms with E-state index in [0.717, 1.165) is 6.42 Å². The third kappa shape index (κ3) is 5.54. The number of rotatable bonds is 3. The first-order valence-electron chi connectivity index (χ1n) is 3.46. The lowest BCUT2D eigenvalue weighted by molar-refractivity contribution is 0.364. The fourth-order valence-corrected chi connectivity index (χ4v) is 0.508. The Morgan fingerprint density at radius 2 is 2.22 bits per heavy atom. The van der Waals surface area contributed by atoms with E-state index in [1.54, 1.807) is 6.92 Å². The quantitative estimate of drug-likeness (QED) is 0.515. The second-order valence-corrected chi connectivity index (χ2v) is 2.42. The topological polar surface area (TPSA) is 0 Å². The van der Waals surface area contributed by atoms with Crippen LogP contribution in [0.25, 0.3) is 0 Å². The molecule has 1 unspecified atom stereocenters. The lowest BCUT2D eigenvalue weighted by Crippen LogP contribution is -1.88. The van der Waals surface area contributed by atoms with E-state index in [4.69, 9.17) is 0 Å². The minimum absolute atomic E-state index is 0.569. The normalized spacial score (nSPS) is 15.8. The Labute approximate surface area is 56.8 Å². The first kappa shape index (κ1) is 8.67. The molecular formula is C8H15F. The fraction of sp³-hybridized carbons (Fsp3) is 0.750. The van der Waals surface area contributed by atoms with Crippen LogP contribution in [0, 0.1) is 0 Å². The van der Waals surface area contributed by atoms with E-state index in [2.05, 4.69) is 6.92 Å². The number of halogens is 1. The van der Waals surface area contributed by atoms with Gasteiger partial charge >= 0.3 is 0 Å². The Hall–Kier alpha value is -0.330. The molecule has 0 bridgehead atoms. The second kappa shape index (κ2) is 4.54. The van der Waals surface area contributed by atoms with Gasteiger partial charge in [0.2, 0.25) is 0 Å². The highest BCUT2D eigenvalue weighted by Crippen LogP contribution is 2.03. The molecule has 0 spiro atoms. The van der Waals surface area contributed by atoms with Crippen LogP contribution in [-0.2, 0) is 0 Å². The lowest BCUT2D eigenvalue weighted by atomic mass is 10.2. The molecule has 0 aliphatic carbocycles. The number of hydrogen-bond acceptors (Lipinski definition) is 0. The summed E-state index contributed by atoms with van der Waals surface area (Å²) in [7, 11) is 0. The summed E-state index contributed by atoms with van der Waals surface area (Å²) in [5.74, 6) is 0. The summed E-state index contributed by atoms with van der Waals surface area (Å²) in [6.07, 6.45) is 2.88. The Kier molecular flexibility index (Phi) is 4.37. The van der Waals surface area contributed by atoms with Gasteiger partial charge in [0, 0.05) is 0 Å². The smallest absolute Gasteiger partial charge is 0.101 e. The van der Waals surface area contributed by atoms with Crippen LogP contribution in [0.5, 0.6) is 0 Å². The van der Waals surface area contributed by atoms with Gasteiger partial charge in [0.05, 0.1) is 0 Å². The Morgan fingerprint density at radius 1 is 1.67 bits per heavy atom. The maximum absolute atomic E-state index is 12.2. The van der Waals surface area contributed by atoms with Crippen molar-refractivity contribution < 1.29 is 4.39 Å². The monoisotopic (exact) mass is 130 g/mol. The van der Waals surface area contributed by atoms with Crippen LogP contribution in [0.4, 0.5) is 4.39 Å². The summed E-state index contributed by atoms with van der Waals surface area (Å²) in [6, 6.07) is 0. The molecule has 54 valence electrons. The minimum atomic E-state index is -0.688. The predicted molar refractivity (Wildman–Crippen MR) is 39.2 cm³/mol. The van der Waals surface area contributed by atoms with Gasteiger partial charge in [0.25, 0.3) is 0 Å². The third-order valence-corrected chi connectivity index (χ3v) is 1.35. The van der Waals surface area contributed by atoms with E-state index in [-0.39, 0.29) is 0 Å². The molecule has 0 heterocycles. The summed E-state index contributed by atoms with van der Waals surface area (Å²) in [5, 5.41) is 0. The molecule has 0 saturated carbocycles. The van der Waals surface area contributed by atoms with Gasteiger partial charge in [-0.3, -0.25) is 0 Å². The molecule has 1 heteroatoms. The van der Waals surface area contributed by atoms with Crippen molar-refractivity contribution in [3.8, 4) is 0 Å². The zero-order chi connectivity index (χ0) is 7.28. The molecule has 0 saturated heterocycles. The van der Waals surface area contributed by atoms with Gasteiger partial charge in [-0.05, 0) is 26.7 Å². The predicted octanol–water partition coefficient (Wildman–Crippen LogP) is 3.09. The molecular weight excluding hydrogens is 115 g/mol. The first-order chi connectivity index (χ1) is 4.16. The van der Waals surface area contributed by atoms with Gasteiger partial charge in [-0.25, -0.2) is 4.39 Å². The molecule has 0 nitrogen and oxygen atoms in total. The highest BCUT2D eigenvalue weighted by Gasteiger charge is 1.92. The largest absolute Gasteiger partial charge is 0.247 e. The minimum Gasteiger partial charge on any atom is -0.247 e. The molecule has 0 aliphatic rings. The molecule has 0 fully saturated rings. The van der Waals surface area contributed by atoms with Crippen molar-refractivity contribution in [2.24, 2.45) is 0 Å². The molecule has 1 atom stereocenters. The highest BCUT2D eigenvalue weighted by atomic mass is 19.1. The Morgan fingerprint density at radius 3 is 2.56 bits per heavy atom. The number of alkyl halides is 1. The van der Waals surface area contributed by atoms with Crippen molar-refractivity contribution in [1.82, 2.24) is 0 Å². The van der Waals surface area contributed by atoms with Gasteiger partial charge in [0.15, 0.2) is 0 Å². The summed E-state index contributed by atoms with van der Waals surface area (Å²) in [5.41, 5.74) is 1.28. The Bertz CT molecular complexity index is 92.7. The van der Waals surface area contributed by atoms with E-state index >= 15 is 0 Å². The lowest BCUT2D eigenvalue weighted by Gasteiger charge is -1.96.